The number of hydrogen-bond acceptors (Lipinski definition) is 4. The second-order valence-corrected chi connectivity index (χ2v) is 6.48. The standard InChI is InChI=1S/C21H19N3O3/c1-27-17-9-7-16(8-10-17)23-21(26)15-12-19(25)24(13-15)18-6-2-4-14-5-3-11-22-20(14)18/h2-11,15H,12-13H2,1H3,(H,23,26). The van der Waals surface area contributed by atoms with Gasteiger partial charge in [-0.25, -0.2) is 0 Å². The Bertz CT molecular complexity index is 996. The molecule has 1 fully saturated rings. The van der Waals surface area contributed by atoms with Gasteiger partial charge in [-0.2, -0.15) is 0 Å². The summed E-state index contributed by atoms with van der Waals surface area (Å²) < 4.78 is 5.12. The molecule has 0 spiro atoms. The molecule has 0 bridgehead atoms. The van der Waals surface area contributed by atoms with Gasteiger partial charge in [-0.1, -0.05) is 18.2 Å². The van der Waals surface area contributed by atoms with E-state index in [4.69, 9.17) is 4.74 Å². The number of amides is 2. The van der Waals surface area contributed by atoms with E-state index in [1.807, 2.05) is 30.3 Å². The van der Waals surface area contributed by atoms with E-state index in [1.165, 1.54) is 0 Å². The highest BCUT2D eigenvalue weighted by molar-refractivity contribution is 6.07. The van der Waals surface area contributed by atoms with Gasteiger partial charge in [-0.3, -0.25) is 14.6 Å². The van der Waals surface area contributed by atoms with Crippen LogP contribution in [0.25, 0.3) is 10.9 Å². The summed E-state index contributed by atoms with van der Waals surface area (Å²) in [7, 11) is 1.59. The van der Waals surface area contributed by atoms with Crippen molar-refractivity contribution in [2.75, 3.05) is 23.9 Å². The molecule has 0 saturated carbocycles. The number of pyridine rings is 1. The highest BCUT2D eigenvalue weighted by Gasteiger charge is 2.36. The molecule has 0 radical (unpaired) electrons. The van der Waals surface area contributed by atoms with Gasteiger partial charge in [0.2, 0.25) is 11.8 Å². The molecule has 1 aliphatic rings. The number of nitrogens with one attached hydrogen (secondary N) is 1. The number of nitrogens with zero attached hydrogens (tertiary/aromatic N) is 2. The number of fused-ring (bicyclic) bond motifs is 1. The third kappa shape index (κ3) is 3.33. The Morgan fingerprint density at radius 2 is 1.93 bits per heavy atom. The number of para-hydroxylation sites is 1. The van der Waals surface area contributed by atoms with E-state index >= 15 is 0 Å². The lowest BCUT2D eigenvalue weighted by molar-refractivity contribution is -0.122. The van der Waals surface area contributed by atoms with Gasteiger partial charge >= 0.3 is 0 Å². The number of rotatable bonds is 4. The minimum absolute atomic E-state index is 0.0666. The summed E-state index contributed by atoms with van der Waals surface area (Å²) in [6.07, 6.45) is 1.89. The first-order chi connectivity index (χ1) is 13.2. The van der Waals surface area contributed by atoms with E-state index in [9.17, 15) is 9.59 Å². The molecule has 6 heteroatoms. The third-order valence-electron chi connectivity index (χ3n) is 4.76. The maximum Gasteiger partial charge on any atom is 0.229 e. The van der Waals surface area contributed by atoms with Crippen LogP contribution < -0.4 is 15.0 Å². The van der Waals surface area contributed by atoms with Crippen LogP contribution in [0.2, 0.25) is 0 Å². The number of carbonyl (C=O) groups is 2. The maximum atomic E-state index is 12.6. The van der Waals surface area contributed by atoms with Crippen molar-refractivity contribution in [3.8, 4) is 5.75 Å². The molecule has 1 saturated heterocycles. The summed E-state index contributed by atoms with van der Waals surface area (Å²) in [5, 5.41) is 3.84. The number of aromatic nitrogens is 1. The van der Waals surface area contributed by atoms with Crippen molar-refractivity contribution < 1.29 is 14.3 Å². The Kier molecular flexibility index (Phi) is 4.46. The molecule has 27 heavy (non-hydrogen) atoms. The predicted octanol–water partition coefficient (Wildman–Crippen LogP) is 3.24. The summed E-state index contributed by atoms with van der Waals surface area (Å²) in [5.74, 6) is 0.0875. The van der Waals surface area contributed by atoms with Gasteiger partial charge in [0, 0.05) is 30.2 Å². The molecule has 2 aromatic carbocycles. The fraction of sp³-hybridized carbons (Fsp3) is 0.190. The number of hydrogen-bond donors (Lipinski definition) is 1. The molecule has 1 N–H and O–H groups in total. The lowest BCUT2D eigenvalue weighted by Crippen LogP contribution is -2.28. The van der Waals surface area contributed by atoms with E-state index in [0.29, 0.717) is 12.2 Å². The maximum absolute atomic E-state index is 12.6. The van der Waals surface area contributed by atoms with Crippen LogP contribution in [0.3, 0.4) is 0 Å². The van der Waals surface area contributed by atoms with Gasteiger partial charge in [0.25, 0.3) is 0 Å². The van der Waals surface area contributed by atoms with Crippen LogP contribution in [-0.4, -0.2) is 30.5 Å². The summed E-state index contributed by atoms with van der Waals surface area (Å²) in [6.45, 7) is 0.344. The number of methoxy groups -OCH3 is 1. The lowest BCUT2D eigenvalue weighted by Gasteiger charge is -2.18. The van der Waals surface area contributed by atoms with Gasteiger partial charge in [-0.15, -0.1) is 0 Å². The highest BCUT2D eigenvalue weighted by Crippen LogP contribution is 2.31. The lowest BCUT2D eigenvalue weighted by atomic mass is 10.1. The smallest absolute Gasteiger partial charge is 0.229 e. The van der Waals surface area contributed by atoms with Gasteiger partial charge < -0.3 is 15.0 Å². The molecule has 1 aromatic heterocycles. The quantitative estimate of drug-likeness (QED) is 0.774. The monoisotopic (exact) mass is 361 g/mol. The van der Waals surface area contributed by atoms with Crippen molar-refractivity contribution in [1.29, 1.82) is 0 Å². The Hall–Kier alpha value is -3.41. The third-order valence-corrected chi connectivity index (χ3v) is 4.76. The molecule has 1 aliphatic heterocycles. The Morgan fingerprint density at radius 3 is 2.70 bits per heavy atom. The Morgan fingerprint density at radius 1 is 1.15 bits per heavy atom. The topological polar surface area (TPSA) is 71.5 Å². The fourth-order valence-corrected chi connectivity index (χ4v) is 3.34. The summed E-state index contributed by atoms with van der Waals surface area (Å²) in [4.78, 5) is 31.3. The summed E-state index contributed by atoms with van der Waals surface area (Å²) in [6, 6.07) is 16.7. The number of benzene rings is 2. The van der Waals surface area contributed by atoms with E-state index in [-0.39, 0.29) is 18.2 Å². The first-order valence-corrected chi connectivity index (χ1v) is 8.75. The molecule has 1 unspecified atom stereocenters. The normalized spacial score (nSPS) is 16.6. The minimum Gasteiger partial charge on any atom is -0.497 e. The minimum atomic E-state index is -0.404. The fourth-order valence-electron chi connectivity index (χ4n) is 3.34. The van der Waals surface area contributed by atoms with Crippen LogP contribution in [0.1, 0.15) is 6.42 Å². The van der Waals surface area contributed by atoms with Crippen LogP contribution in [0.15, 0.2) is 60.8 Å². The largest absolute Gasteiger partial charge is 0.497 e. The molecule has 0 aliphatic carbocycles. The molecule has 6 nitrogen and oxygen atoms in total. The number of anilines is 2. The highest BCUT2D eigenvalue weighted by atomic mass is 16.5. The van der Waals surface area contributed by atoms with Gasteiger partial charge in [0.05, 0.1) is 24.2 Å². The van der Waals surface area contributed by atoms with Crippen LogP contribution in [0, 0.1) is 5.92 Å². The molecule has 2 heterocycles. The van der Waals surface area contributed by atoms with Crippen LogP contribution in [-0.2, 0) is 9.59 Å². The molecule has 2 amide bonds. The second kappa shape index (κ2) is 7.07. The van der Waals surface area contributed by atoms with Gasteiger partial charge in [0.15, 0.2) is 0 Å². The zero-order chi connectivity index (χ0) is 18.8. The molecule has 136 valence electrons. The second-order valence-electron chi connectivity index (χ2n) is 6.48. The van der Waals surface area contributed by atoms with E-state index in [1.54, 1.807) is 42.5 Å². The van der Waals surface area contributed by atoms with Crippen molar-refractivity contribution >= 4 is 34.1 Å². The van der Waals surface area contributed by atoms with Crippen LogP contribution in [0.5, 0.6) is 5.75 Å². The van der Waals surface area contributed by atoms with Gasteiger partial charge in [0.1, 0.15) is 5.75 Å². The zero-order valence-corrected chi connectivity index (χ0v) is 14.9. The Balaban J connectivity index is 1.52. The van der Waals surface area contributed by atoms with Crippen LogP contribution >= 0.6 is 0 Å². The zero-order valence-electron chi connectivity index (χ0n) is 14.9. The summed E-state index contributed by atoms with van der Waals surface area (Å²) >= 11 is 0. The van der Waals surface area contributed by atoms with Crippen molar-refractivity contribution in [3.63, 3.8) is 0 Å². The molecular weight excluding hydrogens is 342 g/mol. The number of carbonyl (C=O) groups excluding carboxylic acids is 2. The first kappa shape index (κ1) is 17.0. The molecule has 3 aromatic rings. The predicted molar refractivity (Wildman–Crippen MR) is 104 cm³/mol. The average Bonchev–Trinajstić information content (AvgIpc) is 3.10. The van der Waals surface area contributed by atoms with Gasteiger partial charge in [-0.05, 0) is 36.4 Å². The van der Waals surface area contributed by atoms with E-state index < -0.39 is 5.92 Å². The molecular formula is C21H19N3O3. The first-order valence-electron chi connectivity index (χ1n) is 8.75. The van der Waals surface area contributed by atoms with E-state index in [0.717, 1.165) is 22.3 Å². The summed E-state index contributed by atoms with van der Waals surface area (Å²) in [5.41, 5.74) is 2.20. The van der Waals surface area contributed by atoms with Crippen molar-refractivity contribution in [2.45, 2.75) is 6.42 Å². The van der Waals surface area contributed by atoms with Crippen LogP contribution in [0.4, 0.5) is 11.4 Å². The molecule has 1 atom stereocenters. The SMILES string of the molecule is COc1ccc(NC(=O)C2CC(=O)N(c3cccc4cccnc34)C2)cc1. The van der Waals surface area contributed by atoms with Crippen molar-refractivity contribution in [1.82, 2.24) is 4.98 Å². The van der Waals surface area contributed by atoms with E-state index in [2.05, 4.69) is 10.3 Å². The average molecular weight is 361 g/mol. The van der Waals surface area contributed by atoms with Crippen molar-refractivity contribution in [3.05, 3.63) is 60.8 Å². The number of ether oxygens (including phenoxy) is 1. The van der Waals surface area contributed by atoms with Crippen molar-refractivity contribution in [2.24, 2.45) is 5.92 Å². The molecule has 4 rings (SSSR count). The Labute approximate surface area is 156 Å².